The Kier molecular flexibility index (Phi) is 6.10. The number of rotatable bonds is 6. The molecule has 1 amide bonds. The van der Waals surface area contributed by atoms with Gasteiger partial charge in [-0.25, -0.2) is 0 Å². The van der Waals surface area contributed by atoms with Crippen molar-refractivity contribution in [3.63, 3.8) is 0 Å². The van der Waals surface area contributed by atoms with E-state index in [1.807, 2.05) is 18.2 Å². The van der Waals surface area contributed by atoms with Crippen molar-refractivity contribution in [1.29, 1.82) is 0 Å². The molecule has 0 unspecified atom stereocenters. The highest BCUT2D eigenvalue weighted by molar-refractivity contribution is 8.03. The zero-order chi connectivity index (χ0) is 11.8. The minimum Gasteiger partial charge on any atom is -0.351 e. The third kappa shape index (κ3) is 5.87. The molecule has 0 saturated heterocycles. The SMILES string of the molecule is O=C(CCOC(F)F)NCC1=CC=CCS1. The van der Waals surface area contributed by atoms with Gasteiger partial charge in [-0.15, -0.1) is 11.8 Å². The summed E-state index contributed by atoms with van der Waals surface area (Å²) >= 11 is 1.64. The van der Waals surface area contributed by atoms with Gasteiger partial charge in [0.15, 0.2) is 0 Å². The lowest BCUT2D eigenvalue weighted by molar-refractivity contribution is -0.138. The standard InChI is InChI=1S/C10H13F2NO2S/c11-10(12)15-5-4-9(14)13-7-8-3-1-2-6-16-8/h1-3,10H,4-7H2,(H,13,14). The van der Waals surface area contributed by atoms with Crippen LogP contribution in [0.15, 0.2) is 23.1 Å². The Bertz CT molecular complexity index is 293. The van der Waals surface area contributed by atoms with E-state index in [9.17, 15) is 13.6 Å². The van der Waals surface area contributed by atoms with Gasteiger partial charge in [0.2, 0.25) is 5.91 Å². The van der Waals surface area contributed by atoms with Crippen molar-refractivity contribution < 1.29 is 18.3 Å². The summed E-state index contributed by atoms with van der Waals surface area (Å²) in [6.45, 7) is -2.62. The number of carbonyl (C=O) groups is 1. The van der Waals surface area contributed by atoms with Crippen LogP contribution in [-0.4, -0.2) is 31.4 Å². The molecule has 1 rings (SSSR count). The average molecular weight is 249 g/mol. The van der Waals surface area contributed by atoms with Gasteiger partial charge in [0.25, 0.3) is 0 Å². The number of hydrogen-bond donors (Lipinski definition) is 1. The minimum atomic E-state index is -2.81. The second-order valence-electron chi connectivity index (χ2n) is 3.03. The molecule has 1 aliphatic heterocycles. The number of alkyl halides is 2. The third-order valence-electron chi connectivity index (χ3n) is 1.82. The Morgan fingerprint density at radius 3 is 3.06 bits per heavy atom. The van der Waals surface area contributed by atoms with Gasteiger partial charge < -0.3 is 10.1 Å². The summed E-state index contributed by atoms with van der Waals surface area (Å²) in [5, 5.41) is 2.64. The summed E-state index contributed by atoms with van der Waals surface area (Å²) < 4.78 is 27.2. The largest absolute Gasteiger partial charge is 0.351 e. The van der Waals surface area contributed by atoms with E-state index in [0.717, 1.165) is 10.7 Å². The van der Waals surface area contributed by atoms with Gasteiger partial charge in [0.1, 0.15) is 0 Å². The van der Waals surface area contributed by atoms with E-state index in [2.05, 4.69) is 10.1 Å². The molecular formula is C10H13F2NO2S. The summed E-state index contributed by atoms with van der Waals surface area (Å²) in [5.74, 6) is 0.618. The van der Waals surface area contributed by atoms with Crippen molar-refractivity contribution in [3.05, 3.63) is 23.1 Å². The molecule has 0 fully saturated rings. The van der Waals surface area contributed by atoms with Crippen LogP contribution in [0.4, 0.5) is 8.78 Å². The first-order valence-electron chi connectivity index (χ1n) is 4.83. The highest BCUT2D eigenvalue weighted by atomic mass is 32.2. The number of halogens is 2. The Morgan fingerprint density at radius 2 is 2.44 bits per heavy atom. The highest BCUT2D eigenvalue weighted by Crippen LogP contribution is 2.18. The molecule has 0 aromatic carbocycles. The van der Waals surface area contributed by atoms with Crippen molar-refractivity contribution in [3.8, 4) is 0 Å². The van der Waals surface area contributed by atoms with Crippen molar-refractivity contribution in [1.82, 2.24) is 5.32 Å². The van der Waals surface area contributed by atoms with Crippen LogP contribution in [-0.2, 0) is 9.53 Å². The first kappa shape index (κ1) is 13.2. The molecule has 1 heterocycles. The minimum absolute atomic E-state index is 0.0435. The lowest BCUT2D eigenvalue weighted by atomic mass is 10.4. The van der Waals surface area contributed by atoms with E-state index < -0.39 is 6.61 Å². The predicted octanol–water partition coefficient (Wildman–Crippen LogP) is 1.92. The molecule has 16 heavy (non-hydrogen) atoms. The molecule has 3 nitrogen and oxygen atoms in total. The van der Waals surface area contributed by atoms with Gasteiger partial charge in [-0.3, -0.25) is 4.79 Å². The van der Waals surface area contributed by atoms with Gasteiger partial charge in [-0.05, 0) is 0 Å². The van der Waals surface area contributed by atoms with E-state index in [0.29, 0.717) is 6.54 Å². The van der Waals surface area contributed by atoms with E-state index in [1.165, 1.54) is 0 Å². The molecule has 0 spiro atoms. The Hall–Kier alpha value is -0.880. The molecular weight excluding hydrogens is 236 g/mol. The molecule has 0 saturated carbocycles. The normalized spacial score (nSPS) is 15.1. The molecule has 1 aliphatic rings. The Morgan fingerprint density at radius 1 is 1.62 bits per heavy atom. The third-order valence-corrected chi connectivity index (χ3v) is 2.83. The highest BCUT2D eigenvalue weighted by Gasteiger charge is 2.06. The monoisotopic (exact) mass is 249 g/mol. The van der Waals surface area contributed by atoms with Gasteiger partial charge >= 0.3 is 6.61 Å². The quantitative estimate of drug-likeness (QED) is 0.781. The molecule has 90 valence electrons. The molecule has 0 aromatic heterocycles. The lowest BCUT2D eigenvalue weighted by Crippen LogP contribution is -2.26. The summed E-state index contributed by atoms with van der Waals surface area (Å²) in [6.07, 6.45) is 5.83. The van der Waals surface area contributed by atoms with Crippen LogP contribution in [0, 0.1) is 0 Å². The van der Waals surface area contributed by atoms with Crippen molar-refractivity contribution in [2.24, 2.45) is 0 Å². The summed E-state index contributed by atoms with van der Waals surface area (Å²) in [4.78, 5) is 12.2. The lowest BCUT2D eigenvalue weighted by Gasteiger charge is -2.09. The van der Waals surface area contributed by atoms with Crippen LogP contribution in [0.25, 0.3) is 0 Å². The topological polar surface area (TPSA) is 38.3 Å². The number of thioether (sulfide) groups is 1. The number of nitrogens with one attached hydrogen (secondary N) is 1. The first-order chi connectivity index (χ1) is 7.68. The fourth-order valence-corrected chi connectivity index (χ4v) is 1.83. The molecule has 0 aromatic rings. The van der Waals surface area contributed by atoms with Crippen LogP contribution in [0.2, 0.25) is 0 Å². The van der Waals surface area contributed by atoms with Crippen molar-refractivity contribution >= 4 is 17.7 Å². The fraction of sp³-hybridized carbons (Fsp3) is 0.500. The summed E-state index contributed by atoms with van der Waals surface area (Å²) in [6, 6.07) is 0. The van der Waals surface area contributed by atoms with Gasteiger partial charge in [-0.2, -0.15) is 8.78 Å². The Labute approximate surface area is 96.9 Å². The van der Waals surface area contributed by atoms with E-state index in [-0.39, 0.29) is 18.9 Å². The zero-order valence-electron chi connectivity index (χ0n) is 8.62. The maximum absolute atomic E-state index is 11.6. The Balaban J connectivity index is 2.10. The van der Waals surface area contributed by atoms with Crippen LogP contribution < -0.4 is 5.32 Å². The van der Waals surface area contributed by atoms with Crippen LogP contribution >= 0.6 is 11.8 Å². The molecule has 0 bridgehead atoms. The first-order valence-corrected chi connectivity index (χ1v) is 5.82. The van der Waals surface area contributed by atoms with E-state index >= 15 is 0 Å². The van der Waals surface area contributed by atoms with Crippen LogP contribution in [0.1, 0.15) is 6.42 Å². The number of ether oxygens (including phenoxy) is 1. The maximum Gasteiger partial charge on any atom is 0.345 e. The second-order valence-corrected chi connectivity index (χ2v) is 4.18. The van der Waals surface area contributed by atoms with E-state index in [4.69, 9.17) is 0 Å². The molecule has 0 aliphatic carbocycles. The van der Waals surface area contributed by atoms with Gasteiger partial charge in [0, 0.05) is 17.2 Å². The van der Waals surface area contributed by atoms with Crippen molar-refractivity contribution in [2.45, 2.75) is 13.0 Å². The smallest absolute Gasteiger partial charge is 0.345 e. The number of hydrogen-bond acceptors (Lipinski definition) is 3. The van der Waals surface area contributed by atoms with Gasteiger partial charge in [-0.1, -0.05) is 18.2 Å². The average Bonchev–Trinajstić information content (AvgIpc) is 2.27. The fourth-order valence-electron chi connectivity index (χ4n) is 1.06. The summed E-state index contributed by atoms with van der Waals surface area (Å²) in [5.41, 5.74) is 0. The zero-order valence-corrected chi connectivity index (χ0v) is 9.43. The summed E-state index contributed by atoms with van der Waals surface area (Å²) in [7, 11) is 0. The molecule has 1 N–H and O–H groups in total. The predicted molar refractivity (Wildman–Crippen MR) is 59.3 cm³/mol. The number of amides is 1. The second kappa shape index (κ2) is 7.40. The van der Waals surface area contributed by atoms with Crippen LogP contribution in [0.5, 0.6) is 0 Å². The number of carbonyl (C=O) groups excluding carboxylic acids is 1. The van der Waals surface area contributed by atoms with Gasteiger partial charge in [0.05, 0.1) is 13.0 Å². The van der Waals surface area contributed by atoms with Crippen LogP contribution in [0.3, 0.4) is 0 Å². The van der Waals surface area contributed by atoms with Crippen molar-refractivity contribution in [2.75, 3.05) is 18.9 Å². The van der Waals surface area contributed by atoms with E-state index in [1.54, 1.807) is 11.8 Å². The maximum atomic E-state index is 11.6. The molecule has 0 radical (unpaired) electrons. The molecule has 0 atom stereocenters. The molecule has 6 heteroatoms. The number of allylic oxidation sites excluding steroid dienone is 2.